The SMILES string of the molecule is CN1CCOc2ccccc2CCCCC2(CN(C(=O)Cn3ccc4ccc(F)cc43)CCO2)C1=O. The minimum absolute atomic E-state index is 0.0810. The number of aromatic nitrogens is 1. The van der Waals surface area contributed by atoms with E-state index in [2.05, 4.69) is 6.07 Å². The second-order valence-electron chi connectivity index (χ2n) is 9.69. The van der Waals surface area contributed by atoms with Crippen molar-refractivity contribution in [2.75, 3.05) is 39.9 Å². The van der Waals surface area contributed by atoms with Crippen LogP contribution in [0.4, 0.5) is 4.39 Å². The Morgan fingerprint density at radius 3 is 2.83 bits per heavy atom. The summed E-state index contributed by atoms with van der Waals surface area (Å²) in [5, 5.41) is 0.877. The van der Waals surface area contributed by atoms with Gasteiger partial charge in [-0.3, -0.25) is 9.59 Å². The Morgan fingerprint density at radius 2 is 1.94 bits per heavy atom. The molecule has 1 unspecified atom stereocenters. The van der Waals surface area contributed by atoms with Crippen molar-refractivity contribution in [3.05, 3.63) is 66.1 Å². The minimum atomic E-state index is -1.08. The van der Waals surface area contributed by atoms with Gasteiger partial charge in [-0.15, -0.1) is 0 Å². The molecule has 7 nitrogen and oxygen atoms in total. The molecule has 1 spiro atoms. The Hall–Kier alpha value is -3.39. The molecule has 1 atom stereocenters. The minimum Gasteiger partial charge on any atom is -0.491 e. The number of rotatable bonds is 2. The maximum atomic E-state index is 13.8. The molecule has 0 radical (unpaired) electrons. The van der Waals surface area contributed by atoms with Gasteiger partial charge in [0.05, 0.1) is 25.2 Å². The van der Waals surface area contributed by atoms with Crippen molar-refractivity contribution in [3.63, 3.8) is 0 Å². The first-order chi connectivity index (χ1) is 17.4. The predicted octanol–water partition coefficient (Wildman–Crippen LogP) is 3.64. The number of likely N-dealkylation sites (N-methyl/N-ethyl adjacent to an activating group) is 1. The van der Waals surface area contributed by atoms with Gasteiger partial charge >= 0.3 is 0 Å². The summed E-state index contributed by atoms with van der Waals surface area (Å²) in [4.78, 5) is 30.3. The maximum Gasteiger partial charge on any atom is 0.256 e. The average Bonchev–Trinajstić information content (AvgIpc) is 3.28. The van der Waals surface area contributed by atoms with Crippen molar-refractivity contribution >= 4 is 22.7 Å². The van der Waals surface area contributed by atoms with Gasteiger partial charge in [-0.1, -0.05) is 18.2 Å². The smallest absolute Gasteiger partial charge is 0.256 e. The monoisotopic (exact) mass is 493 g/mol. The summed E-state index contributed by atoms with van der Waals surface area (Å²) in [5.74, 6) is 0.301. The zero-order valence-corrected chi connectivity index (χ0v) is 20.6. The summed E-state index contributed by atoms with van der Waals surface area (Å²) in [6, 6.07) is 14.5. The molecule has 190 valence electrons. The number of ether oxygens (including phenoxy) is 2. The summed E-state index contributed by atoms with van der Waals surface area (Å²) in [6.45, 7) is 1.81. The molecule has 8 heteroatoms. The van der Waals surface area contributed by atoms with Crippen LogP contribution in [0.15, 0.2) is 54.7 Å². The highest BCUT2D eigenvalue weighted by Gasteiger charge is 2.46. The fourth-order valence-corrected chi connectivity index (χ4v) is 5.24. The Bertz CT molecular complexity index is 1260. The molecule has 2 aliphatic heterocycles. The number of amides is 2. The lowest BCUT2D eigenvalue weighted by Crippen LogP contribution is -2.61. The van der Waals surface area contributed by atoms with E-state index in [0.29, 0.717) is 38.2 Å². The van der Waals surface area contributed by atoms with E-state index in [0.717, 1.165) is 36.0 Å². The third-order valence-electron chi connectivity index (χ3n) is 7.25. The van der Waals surface area contributed by atoms with Crippen LogP contribution in [-0.2, 0) is 27.3 Å². The topological polar surface area (TPSA) is 64.0 Å². The molecule has 2 aliphatic rings. The number of carbonyl (C=O) groups is 2. The summed E-state index contributed by atoms with van der Waals surface area (Å²) < 4.78 is 27.7. The van der Waals surface area contributed by atoms with Crippen LogP contribution in [0.2, 0.25) is 0 Å². The highest BCUT2D eigenvalue weighted by molar-refractivity contribution is 5.87. The van der Waals surface area contributed by atoms with Crippen molar-refractivity contribution in [1.29, 1.82) is 0 Å². The van der Waals surface area contributed by atoms with Crippen LogP contribution in [-0.4, -0.2) is 71.7 Å². The van der Waals surface area contributed by atoms with Crippen molar-refractivity contribution in [2.24, 2.45) is 0 Å². The molecule has 1 fully saturated rings. The molecule has 0 N–H and O–H groups in total. The zero-order valence-electron chi connectivity index (χ0n) is 20.6. The quantitative estimate of drug-likeness (QED) is 0.547. The average molecular weight is 494 g/mol. The number of carbonyl (C=O) groups excluding carboxylic acids is 2. The van der Waals surface area contributed by atoms with E-state index in [-0.39, 0.29) is 30.7 Å². The van der Waals surface area contributed by atoms with Crippen LogP contribution in [0.5, 0.6) is 5.75 Å². The number of halogens is 1. The highest BCUT2D eigenvalue weighted by Crippen LogP contribution is 2.29. The number of hydrogen-bond donors (Lipinski definition) is 0. The number of nitrogens with zero attached hydrogens (tertiary/aromatic N) is 3. The lowest BCUT2D eigenvalue weighted by atomic mass is 9.91. The molecule has 2 amide bonds. The third kappa shape index (κ3) is 4.95. The molecule has 1 aromatic heterocycles. The standard InChI is InChI=1S/C28H32FN3O4/c1-30-14-16-35-25-8-3-2-6-22(25)7-4-5-12-28(27(30)34)20-32(15-17-36-28)26(33)19-31-13-11-21-9-10-23(29)18-24(21)31/h2-3,6,8-11,13,18H,4-5,7,12,14-17,19-20H2,1H3. The van der Waals surface area contributed by atoms with Gasteiger partial charge in [-0.05, 0) is 67.0 Å². The lowest BCUT2D eigenvalue weighted by molar-refractivity contribution is -0.175. The normalized spacial score (nSPS) is 21.6. The van der Waals surface area contributed by atoms with Crippen molar-refractivity contribution in [2.45, 2.75) is 37.8 Å². The first kappa shape index (κ1) is 24.3. The fraction of sp³-hybridized carbons (Fsp3) is 0.429. The Morgan fingerprint density at radius 1 is 1.08 bits per heavy atom. The molecule has 0 aliphatic carbocycles. The molecule has 0 bridgehead atoms. The summed E-state index contributed by atoms with van der Waals surface area (Å²) >= 11 is 0. The first-order valence-corrected chi connectivity index (χ1v) is 12.6. The number of para-hydroxylation sites is 1. The van der Waals surface area contributed by atoms with E-state index in [1.807, 2.05) is 24.3 Å². The third-order valence-corrected chi connectivity index (χ3v) is 7.25. The molecule has 0 saturated carbocycles. The number of morpholine rings is 1. The molecule has 3 aromatic rings. The van der Waals surface area contributed by atoms with Crippen LogP contribution in [0.1, 0.15) is 24.8 Å². The largest absolute Gasteiger partial charge is 0.491 e. The van der Waals surface area contributed by atoms with Gasteiger partial charge in [0.15, 0.2) is 5.60 Å². The van der Waals surface area contributed by atoms with E-state index in [1.165, 1.54) is 12.1 Å². The predicted molar refractivity (Wildman–Crippen MR) is 134 cm³/mol. The summed E-state index contributed by atoms with van der Waals surface area (Å²) in [5.41, 5.74) is 0.762. The number of fused-ring (bicyclic) bond motifs is 2. The molecular formula is C28H32FN3O4. The van der Waals surface area contributed by atoms with Gasteiger partial charge in [0.2, 0.25) is 5.91 Å². The van der Waals surface area contributed by atoms with Crippen LogP contribution in [0.3, 0.4) is 0 Å². The first-order valence-electron chi connectivity index (χ1n) is 12.6. The molecule has 3 heterocycles. The van der Waals surface area contributed by atoms with Gasteiger partial charge in [0, 0.05) is 19.8 Å². The molecule has 2 aromatic carbocycles. The van der Waals surface area contributed by atoms with E-state index in [9.17, 15) is 14.0 Å². The van der Waals surface area contributed by atoms with E-state index < -0.39 is 5.60 Å². The van der Waals surface area contributed by atoms with E-state index >= 15 is 0 Å². The zero-order chi connectivity index (χ0) is 25.1. The Labute approximate surface area is 210 Å². The highest BCUT2D eigenvalue weighted by atomic mass is 19.1. The van der Waals surface area contributed by atoms with Crippen molar-refractivity contribution in [1.82, 2.24) is 14.4 Å². The molecule has 5 rings (SSSR count). The summed E-state index contributed by atoms with van der Waals surface area (Å²) in [7, 11) is 1.76. The summed E-state index contributed by atoms with van der Waals surface area (Å²) in [6.07, 6.45) is 4.87. The van der Waals surface area contributed by atoms with Crippen LogP contribution in [0, 0.1) is 5.82 Å². The second kappa shape index (κ2) is 10.3. The van der Waals surface area contributed by atoms with Gasteiger partial charge in [-0.25, -0.2) is 4.39 Å². The van der Waals surface area contributed by atoms with E-state index in [1.54, 1.807) is 33.7 Å². The van der Waals surface area contributed by atoms with Crippen molar-refractivity contribution < 1.29 is 23.5 Å². The van der Waals surface area contributed by atoms with Gasteiger partial charge in [-0.2, -0.15) is 0 Å². The number of aryl methyl sites for hydroxylation is 1. The molecule has 1 saturated heterocycles. The number of benzene rings is 2. The second-order valence-corrected chi connectivity index (χ2v) is 9.69. The molecular weight excluding hydrogens is 461 g/mol. The Balaban J connectivity index is 1.33. The van der Waals surface area contributed by atoms with Crippen LogP contribution < -0.4 is 4.74 Å². The van der Waals surface area contributed by atoms with Crippen LogP contribution >= 0.6 is 0 Å². The van der Waals surface area contributed by atoms with Crippen molar-refractivity contribution in [3.8, 4) is 5.75 Å². The Kier molecular flexibility index (Phi) is 6.96. The van der Waals surface area contributed by atoms with Crippen LogP contribution in [0.25, 0.3) is 10.9 Å². The fourth-order valence-electron chi connectivity index (χ4n) is 5.24. The van der Waals surface area contributed by atoms with Gasteiger partial charge in [0.25, 0.3) is 5.91 Å². The van der Waals surface area contributed by atoms with Gasteiger partial charge < -0.3 is 23.8 Å². The molecule has 36 heavy (non-hydrogen) atoms. The van der Waals surface area contributed by atoms with E-state index in [4.69, 9.17) is 9.47 Å². The lowest BCUT2D eigenvalue weighted by Gasteiger charge is -2.43. The maximum absolute atomic E-state index is 13.8. The number of hydrogen-bond acceptors (Lipinski definition) is 4. The van der Waals surface area contributed by atoms with Gasteiger partial charge in [0.1, 0.15) is 24.7 Å².